The van der Waals surface area contributed by atoms with Crippen molar-refractivity contribution >= 4 is 0 Å². The lowest BCUT2D eigenvalue weighted by Crippen LogP contribution is -2.38. The number of hydrogen-bond acceptors (Lipinski definition) is 0. The second-order valence-electron chi connectivity index (χ2n) is 34.5. The van der Waals surface area contributed by atoms with E-state index in [1.807, 2.05) is 69.2 Å². The Morgan fingerprint density at radius 3 is 0.467 bits per heavy atom. The minimum Gasteiger partial charge on any atom is -0.0683 e. The van der Waals surface area contributed by atoms with E-state index >= 15 is 0 Å². The molecule has 0 aliphatic heterocycles. The zero-order valence-corrected chi connectivity index (χ0v) is 61.4. The zero-order chi connectivity index (χ0) is 61.4. The summed E-state index contributed by atoms with van der Waals surface area (Å²) in [4.78, 5) is 0. The van der Waals surface area contributed by atoms with E-state index in [2.05, 4.69) is 208 Å². The maximum atomic E-state index is 2.42. The highest BCUT2D eigenvalue weighted by Gasteiger charge is 2.50. The minimum absolute atomic E-state index is 0.498. The van der Waals surface area contributed by atoms with Crippen LogP contribution in [0.25, 0.3) is 0 Å². The first kappa shape index (κ1) is 83.8. The van der Waals surface area contributed by atoms with E-state index in [1.54, 1.807) is 0 Å². The molecule has 0 amide bonds. The van der Waals surface area contributed by atoms with Crippen molar-refractivity contribution in [2.24, 2.45) is 113 Å². The third kappa shape index (κ3) is 34.1. The van der Waals surface area contributed by atoms with Gasteiger partial charge in [-0.25, -0.2) is 0 Å². The van der Waals surface area contributed by atoms with E-state index in [0.29, 0.717) is 54.1 Å². The first-order valence-electron chi connectivity index (χ1n) is 33.6. The molecular formula is C75H160. The molecule has 10 atom stereocenters. The van der Waals surface area contributed by atoms with Crippen LogP contribution < -0.4 is 0 Å². The Hall–Kier alpha value is 0. The lowest BCUT2D eigenvalue weighted by atomic mass is 9.59. The quantitative estimate of drug-likeness (QED) is 0.227. The second kappa shape index (κ2) is 35.8. The summed E-state index contributed by atoms with van der Waals surface area (Å²) in [7, 11) is 0. The highest BCUT2D eigenvalue weighted by molar-refractivity contribution is 4.99. The molecule has 5 aliphatic carbocycles. The molecule has 5 fully saturated rings. The van der Waals surface area contributed by atoms with Gasteiger partial charge in [-0.1, -0.05) is 303 Å². The molecule has 0 radical (unpaired) electrons. The van der Waals surface area contributed by atoms with Gasteiger partial charge in [0.25, 0.3) is 0 Å². The molecule has 0 aromatic rings. The van der Waals surface area contributed by atoms with E-state index in [0.717, 1.165) is 59.2 Å². The summed E-state index contributed by atoms with van der Waals surface area (Å²) in [5.74, 6) is 9.48. The largest absolute Gasteiger partial charge is 0.0683 e. The summed E-state index contributed by atoms with van der Waals surface area (Å²) in [5, 5.41) is 0. The Labute approximate surface area is 484 Å². The highest BCUT2D eigenvalue weighted by atomic mass is 14.6. The minimum atomic E-state index is 0.498. The molecule has 5 rings (SSSR count). The predicted molar refractivity (Wildman–Crippen MR) is 355 cm³/mol. The third-order valence-corrected chi connectivity index (χ3v) is 18.8. The average Bonchev–Trinajstić information content (AvgIpc) is 3.67. The van der Waals surface area contributed by atoms with Crippen molar-refractivity contribution in [1.82, 2.24) is 0 Å². The Kier molecular flexibility index (Phi) is 40.0. The summed E-state index contributed by atoms with van der Waals surface area (Å²) >= 11 is 0. The number of rotatable bonds is 0. The Bertz CT molecular complexity index is 1210. The van der Waals surface area contributed by atoms with Gasteiger partial charge >= 0.3 is 0 Å². The molecule has 5 saturated carbocycles. The molecule has 0 N–H and O–H groups in total. The van der Waals surface area contributed by atoms with Gasteiger partial charge in [-0.3, -0.25) is 0 Å². The van der Waals surface area contributed by atoms with Crippen LogP contribution in [0.2, 0.25) is 0 Å². The van der Waals surface area contributed by atoms with Crippen molar-refractivity contribution in [1.29, 1.82) is 0 Å². The smallest absolute Gasteiger partial charge is 0.0329 e. The average molecular weight is 1060 g/mol. The molecule has 0 heterocycles. The van der Waals surface area contributed by atoms with Crippen LogP contribution in [-0.4, -0.2) is 0 Å². The Balaban J connectivity index is -0.000000261. The topological polar surface area (TPSA) is 0 Å². The van der Waals surface area contributed by atoms with Crippen molar-refractivity contribution in [3.8, 4) is 0 Å². The van der Waals surface area contributed by atoms with Crippen LogP contribution in [0, 0.1) is 113 Å². The fourth-order valence-electron chi connectivity index (χ4n) is 13.7. The first-order chi connectivity index (χ1) is 33.6. The van der Waals surface area contributed by atoms with E-state index in [4.69, 9.17) is 0 Å². The van der Waals surface area contributed by atoms with Crippen LogP contribution >= 0.6 is 0 Å². The molecule has 75 heavy (non-hydrogen) atoms. The van der Waals surface area contributed by atoms with E-state index in [1.165, 1.54) is 96.3 Å². The van der Waals surface area contributed by atoms with Gasteiger partial charge in [0.2, 0.25) is 0 Å². The van der Waals surface area contributed by atoms with Gasteiger partial charge in [0.05, 0.1) is 0 Å². The maximum absolute atomic E-state index is 2.42. The van der Waals surface area contributed by atoms with Gasteiger partial charge in [0.15, 0.2) is 0 Å². The molecule has 10 unspecified atom stereocenters. The van der Waals surface area contributed by atoms with Crippen molar-refractivity contribution in [2.45, 2.75) is 373 Å². The molecule has 0 saturated heterocycles. The summed E-state index contributed by atoms with van der Waals surface area (Å²) < 4.78 is 0. The lowest BCUT2D eigenvalue weighted by Gasteiger charge is -2.46. The SMILES string of the molecule is CC.CC.CC.CC.CC.CC(C)(C)C1CC1C(C)(C)C.CC(C)(C)C1CCC(C(C)(C)C)C1.CC(C)(C)C1CCCC(C(C)(C)C)C1.CC(C)(C)C1CCCC1C(C)(C)C.CC(C)(C)C1CCCCC1C(C)(C)C. The zero-order valence-electron chi connectivity index (χ0n) is 61.4. The fraction of sp³-hybridized carbons (Fsp3) is 1.00. The molecule has 460 valence electrons. The van der Waals surface area contributed by atoms with Crippen molar-refractivity contribution in [3.05, 3.63) is 0 Å². The first-order valence-corrected chi connectivity index (χ1v) is 33.6. The van der Waals surface area contributed by atoms with Gasteiger partial charge in [0.1, 0.15) is 0 Å². The molecule has 0 nitrogen and oxygen atoms in total. The van der Waals surface area contributed by atoms with Crippen molar-refractivity contribution in [2.75, 3.05) is 0 Å². The van der Waals surface area contributed by atoms with Crippen LogP contribution in [0.1, 0.15) is 373 Å². The lowest BCUT2D eigenvalue weighted by molar-refractivity contribution is 0.0335. The molecule has 0 spiro atoms. The van der Waals surface area contributed by atoms with E-state index in [9.17, 15) is 0 Å². The standard InChI is InChI=1S/2C14H28.2C13H26.C11H22.5C2H6/c1-13(2,3)11-8-7-9-12(10-11)14(4,5)6;1-13(2,3)11-9-7-8-10-12(11)14(4,5)6;1-12(2,3)10-7-8-11(9-10)13(4,5)6;1-12(2,3)10-8-7-9-11(10)13(4,5)6;1-10(2,3)8-7-9(8)11(4,5)6;5*1-2/h2*11-12H,7-10H2,1-6H3;2*10-11H,7-9H2,1-6H3;8-9H,7H2,1-6H3;5*1-2H3. The third-order valence-electron chi connectivity index (χ3n) is 18.8. The van der Waals surface area contributed by atoms with Gasteiger partial charge < -0.3 is 0 Å². The van der Waals surface area contributed by atoms with Crippen molar-refractivity contribution in [3.63, 3.8) is 0 Å². The summed E-state index contributed by atoms with van der Waals surface area (Å²) in [5.41, 5.74) is 5.18. The fourth-order valence-corrected chi connectivity index (χ4v) is 13.7. The Morgan fingerprint density at radius 1 is 0.160 bits per heavy atom. The number of hydrogen-bond donors (Lipinski definition) is 0. The molecule has 0 aromatic carbocycles. The molecular weight excluding hydrogens is 901 g/mol. The van der Waals surface area contributed by atoms with Crippen LogP contribution in [0.5, 0.6) is 0 Å². The van der Waals surface area contributed by atoms with Gasteiger partial charge in [0, 0.05) is 0 Å². The van der Waals surface area contributed by atoms with Gasteiger partial charge in [-0.2, -0.15) is 0 Å². The highest BCUT2D eigenvalue weighted by Crippen LogP contribution is 2.58. The molecule has 5 aliphatic rings. The maximum Gasteiger partial charge on any atom is -0.0329 e. The summed E-state index contributed by atoms with van der Waals surface area (Å²) in [6.45, 7) is 91.9. The van der Waals surface area contributed by atoms with Crippen LogP contribution in [0.3, 0.4) is 0 Å². The molecule has 0 aromatic heterocycles. The van der Waals surface area contributed by atoms with Gasteiger partial charge in [-0.15, -0.1) is 0 Å². The van der Waals surface area contributed by atoms with Crippen LogP contribution in [-0.2, 0) is 0 Å². The van der Waals surface area contributed by atoms with Crippen LogP contribution in [0.15, 0.2) is 0 Å². The van der Waals surface area contributed by atoms with Crippen molar-refractivity contribution < 1.29 is 0 Å². The van der Waals surface area contributed by atoms with Gasteiger partial charge in [-0.05, 0) is 184 Å². The van der Waals surface area contributed by atoms with E-state index in [-0.39, 0.29) is 0 Å². The Morgan fingerprint density at radius 2 is 0.320 bits per heavy atom. The second-order valence-corrected chi connectivity index (χ2v) is 34.5. The monoisotopic (exact) mass is 1060 g/mol. The molecule has 0 bridgehead atoms. The van der Waals surface area contributed by atoms with E-state index < -0.39 is 0 Å². The predicted octanol–water partition coefficient (Wildman–Crippen LogP) is 27.6. The summed E-state index contributed by atoms with van der Waals surface area (Å²) in [6.07, 6.45) is 21.8. The van der Waals surface area contributed by atoms with Crippen LogP contribution in [0.4, 0.5) is 0 Å². The normalized spacial score (nSPS) is 27.2. The molecule has 0 heteroatoms. The summed E-state index contributed by atoms with van der Waals surface area (Å²) in [6, 6.07) is 0.